The second-order valence-corrected chi connectivity index (χ2v) is 8.39. The lowest BCUT2D eigenvalue weighted by Crippen LogP contribution is -2.12. The highest BCUT2D eigenvalue weighted by Crippen LogP contribution is 2.24. The molecule has 4 aromatic rings. The van der Waals surface area contributed by atoms with Crippen LogP contribution in [0, 0.1) is 0 Å². The number of allylic oxidation sites excluding steroid dienone is 1. The van der Waals surface area contributed by atoms with Gasteiger partial charge in [-0.25, -0.2) is 9.59 Å². The molecular weight excluding hydrogens is 480 g/mol. The largest absolute Gasteiger partial charge is 0.465 e. The van der Waals surface area contributed by atoms with Crippen molar-refractivity contribution in [3.63, 3.8) is 0 Å². The molecule has 0 spiro atoms. The molecule has 0 fully saturated rings. The molecule has 0 unspecified atom stereocenters. The lowest BCUT2D eigenvalue weighted by Gasteiger charge is -2.11. The summed E-state index contributed by atoms with van der Waals surface area (Å²) in [6, 6.07) is 30.6. The Morgan fingerprint density at radius 1 is 0.658 bits per heavy atom. The summed E-state index contributed by atoms with van der Waals surface area (Å²) in [6.45, 7) is 0. The fraction of sp³-hybridized carbons (Fsp3) is 0.0938. The first-order valence-electron chi connectivity index (χ1n) is 11.9. The van der Waals surface area contributed by atoms with E-state index in [1.54, 1.807) is 36.4 Å². The number of methoxy groups -OCH3 is 2. The minimum absolute atomic E-state index is 0.0574. The van der Waals surface area contributed by atoms with Crippen molar-refractivity contribution in [3.05, 3.63) is 137 Å². The molecule has 0 saturated carbocycles. The molecule has 4 aromatic carbocycles. The Morgan fingerprint density at radius 2 is 1.24 bits per heavy atom. The van der Waals surface area contributed by atoms with Gasteiger partial charge < -0.3 is 14.2 Å². The maximum Gasteiger partial charge on any atom is 0.338 e. The highest BCUT2D eigenvalue weighted by atomic mass is 16.5. The van der Waals surface area contributed by atoms with Gasteiger partial charge in [0.25, 0.3) is 0 Å². The Balaban J connectivity index is 1.68. The first-order chi connectivity index (χ1) is 18.5. The van der Waals surface area contributed by atoms with E-state index in [2.05, 4.69) is 0 Å². The highest BCUT2D eigenvalue weighted by molar-refractivity contribution is 6.12. The van der Waals surface area contributed by atoms with Gasteiger partial charge in [0.1, 0.15) is 11.5 Å². The van der Waals surface area contributed by atoms with E-state index >= 15 is 0 Å². The Hall–Kier alpha value is -4.97. The molecule has 0 aliphatic rings. The van der Waals surface area contributed by atoms with Gasteiger partial charge in [0, 0.05) is 17.6 Å². The topological polar surface area (TPSA) is 78.9 Å². The monoisotopic (exact) mass is 506 g/mol. The van der Waals surface area contributed by atoms with Crippen molar-refractivity contribution < 1.29 is 28.6 Å². The van der Waals surface area contributed by atoms with Gasteiger partial charge in [-0.3, -0.25) is 4.79 Å². The van der Waals surface area contributed by atoms with Gasteiger partial charge in [0.05, 0.1) is 25.3 Å². The maximum absolute atomic E-state index is 13.6. The number of Topliss-reactive ketones (excluding diaryl/α,β-unsaturated/α-hetero) is 1. The molecule has 0 radical (unpaired) electrons. The summed E-state index contributed by atoms with van der Waals surface area (Å²) in [6.07, 6.45) is 2.09. The van der Waals surface area contributed by atoms with Crippen molar-refractivity contribution in [3.8, 4) is 11.5 Å². The van der Waals surface area contributed by atoms with E-state index in [1.807, 2.05) is 60.7 Å². The van der Waals surface area contributed by atoms with E-state index in [0.29, 0.717) is 34.6 Å². The average molecular weight is 507 g/mol. The van der Waals surface area contributed by atoms with Crippen LogP contribution in [-0.2, 0) is 15.9 Å². The van der Waals surface area contributed by atoms with Crippen LogP contribution in [-0.4, -0.2) is 31.9 Å². The first kappa shape index (κ1) is 26.1. The second kappa shape index (κ2) is 12.3. The molecule has 0 aromatic heterocycles. The van der Waals surface area contributed by atoms with Gasteiger partial charge >= 0.3 is 11.9 Å². The number of rotatable bonds is 9. The second-order valence-electron chi connectivity index (χ2n) is 8.39. The fourth-order valence-corrected chi connectivity index (χ4v) is 3.92. The first-order valence-corrected chi connectivity index (χ1v) is 11.9. The van der Waals surface area contributed by atoms with Crippen molar-refractivity contribution in [2.75, 3.05) is 14.2 Å². The van der Waals surface area contributed by atoms with Gasteiger partial charge in [0.2, 0.25) is 0 Å². The fourth-order valence-electron chi connectivity index (χ4n) is 3.92. The summed E-state index contributed by atoms with van der Waals surface area (Å²) in [7, 11) is 2.48. The van der Waals surface area contributed by atoms with Crippen LogP contribution < -0.4 is 4.74 Å². The number of carbonyl (C=O) groups is 3. The lowest BCUT2D eigenvalue weighted by atomic mass is 9.94. The predicted octanol–water partition coefficient (Wildman–Crippen LogP) is 6.56. The van der Waals surface area contributed by atoms with Crippen LogP contribution in [0.15, 0.2) is 109 Å². The van der Waals surface area contributed by atoms with Crippen molar-refractivity contribution in [2.45, 2.75) is 6.42 Å². The van der Waals surface area contributed by atoms with E-state index in [9.17, 15) is 14.4 Å². The zero-order chi connectivity index (χ0) is 26.9. The molecule has 6 nitrogen and oxygen atoms in total. The van der Waals surface area contributed by atoms with Gasteiger partial charge in [-0.1, -0.05) is 54.6 Å². The molecule has 190 valence electrons. The lowest BCUT2D eigenvalue weighted by molar-refractivity contribution is 0.0555. The molecule has 38 heavy (non-hydrogen) atoms. The summed E-state index contributed by atoms with van der Waals surface area (Å²) in [5, 5.41) is 0. The molecule has 0 aliphatic carbocycles. The van der Waals surface area contributed by atoms with Gasteiger partial charge in [0.15, 0.2) is 5.78 Å². The number of ether oxygens (including phenoxy) is 3. The van der Waals surface area contributed by atoms with E-state index in [0.717, 1.165) is 5.56 Å². The van der Waals surface area contributed by atoms with Gasteiger partial charge in [-0.05, 0) is 65.7 Å². The Bertz CT molecular complexity index is 1460. The number of para-hydroxylation sites is 1. The standard InChI is InChI=1S/C32H26O6/c1-36-31(34)28-18-13-23(21-29(28)32(35)37-2)20-25(19-22-9-5-3-6-10-22)30(33)24-14-16-27(17-15-24)38-26-11-7-4-8-12-26/h3-18,20-21H,19H2,1-2H3/b25-20+. The van der Waals surface area contributed by atoms with Crippen LogP contribution in [0.3, 0.4) is 0 Å². The van der Waals surface area contributed by atoms with Crippen molar-refractivity contribution >= 4 is 23.8 Å². The Morgan fingerprint density at radius 3 is 1.87 bits per heavy atom. The molecule has 0 aliphatic heterocycles. The molecule has 0 saturated heterocycles. The molecule has 0 heterocycles. The SMILES string of the molecule is COC(=O)c1ccc(/C=C(\Cc2ccccc2)C(=O)c2ccc(Oc3ccccc3)cc2)cc1C(=O)OC. The molecule has 0 N–H and O–H groups in total. The third kappa shape index (κ3) is 6.42. The number of carbonyl (C=O) groups excluding carboxylic acids is 3. The number of hydrogen-bond acceptors (Lipinski definition) is 6. The predicted molar refractivity (Wildman–Crippen MR) is 145 cm³/mol. The normalized spacial score (nSPS) is 10.9. The summed E-state index contributed by atoms with van der Waals surface area (Å²) in [5.41, 5.74) is 2.67. The summed E-state index contributed by atoms with van der Waals surface area (Å²) in [5.74, 6) is -0.183. The average Bonchev–Trinajstić information content (AvgIpc) is 2.97. The van der Waals surface area contributed by atoms with Gasteiger partial charge in [-0.2, -0.15) is 0 Å². The number of hydrogen-bond donors (Lipinski definition) is 0. The minimum atomic E-state index is -0.675. The smallest absolute Gasteiger partial charge is 0.338 e. The number of ketones is 1. The van der Waals surface area contributed by atoms with Crippen molar-refractivity contribution in [1.29, 1.82) is 0 Å². The van der Waals surface area contributed by atoms with Crippen LogP contribution in [0.2, 0.25) is 0 Å². The Kier molecular flexibility index (Phi) is 8.46. The summed E-state index contributed by atoms with van der Waals surface area (Å²) >= 11 is 0. The zero-order valence-corrected chi connectivity index (χ0v) is 21.0. The summed E-state index contributed by atoms with van der Waals surface area (Å²) in [4.78, 5) is 38.2. The van der Waals surface area contributed by atoms with Crippen LogP contribution in [0.5, 0.6) is 11.5 Å². The quantitative estimate of drug-likeness (QED) is 0.145. The highest BCUT2D eigenvalue weighted by Gasteiger charge is 2.20. The number of benzene rings is 4. The van der Waals surface area contributed by atoms with E-state index in [4.69, 9.17) is 14.2 Å². The molecule has 0 amide bonds. The molecular formula is C32H26O6. The maximum atomic E-state index is 13.6. The summed E-state index contributed by atoms with van der Waals surface area (Å²) < 4.78 is 15.5. The molecule has 4 rings (SSSR count). The van der Waals surface area contributed by atoms with Crippen LogP contribution in [0.4, 0.5) is 0 Å². The molecule has 0 bridgehead atoms. The Labute approximate surface area is 221 Å². The minimum Gasteiger partial charge on any atom is -0.465 e. The van der Waals surface area contributed by atoms with E-state index in [1.165, 1.54) is 26.4 Å². The van der Waals surface area contributed by atoms with Crippen LogP contribution in [0.1, 0.15) is 42.2 Å². The van der Waals surface area contributed by atoms with Crippen LogP contribution >= 0.6 is 0 Å². The molecule has 0 atom stereocenters. The van der Waals surface area contributed by atoms with Crippen LogP contribution in [0.25, 0.3) is 6.08 Å². The third-order valence-corrected chi connectivity index (χ3v) is 5.82. The van der Waals surface area contributed by atoms with Gasteiger partial charge in [-0.15, -0.1) is 0 Å². The number of esters is 2. The molecule has 6 heteroatoms. The van der Waals surface area contributed by atoms with Crippen molar-refractivity contribution in [2.24, 2.45) is 0 Å². The third-order valence-electron chi connectivity index (χ3n) is 5.82. The van der Waals surface area contributed by atoms with E-state index < -0.39 is 11.9 Å². The van der Waals surface area contributed by atoms with E-state index in [-0.39, 0.29) is 16.9 Å². The zero-order valence-electron chi connectivity index (χ0n) is 21.0. The van der Waals surface area contributed by atoms with Crippen molar-refractivity contribution in [1.82, 2.24) is 0 Å².